The Balaban J connectivity index is 2.44. The van der Waals surface area contributed by atoms with Crippen molar-refractivity contribution < 1.29 is 0 Å². The molecule has 0 radical (unpaired) electrons. The quantitative estimate of drug-likeness (QED) is 0.715. The van der Waals surface area contributed by atoms with E-state index in [0.29, 0.717) is 6.04 Å². The molecule has 0 bridgehead atoms. The van der Waals surface area contributed by atoms with E-state index in [1.54, 1.807) is 0 Å². The van der Waals surface area contributed by atoms with Crippen LogP contribution >= 0.6 is 11.6 Å². The predicted molar refractivity (Wildman–Crippen MR) is 93.2 cm³/mol. The Morgan fingerprint density at radius 1 is 1.14 bits per heavy atom. The largest absolute Gasteiger partial charge is 0.310 e. The van der Waals surface area contributed by atoms with Gasteiger partial charge in [-0.3, -0.25) is 0 Å². The molecule has 3 nitrogen and oxygen atoms in total. The Morgan fingerprint density at radius 3 is 2.52 bits per heavy atom. The van der Waals surface area contributed by atoms with E-state index in [1.165, 1.54) is 12.0 Å². The lowest BCUT2D eigenvalue weighted by Gasteiger charge is -2.23. The fourth-order valence-electron chi connectivity index (χ4n) is 2.47. The Morgan fingerprint density at radius 2 is 1.90 bits per heavy atom. The Kier molecular flexibility index (Phi) is 8.93. The zero-order chi connectivity index (χ0) is 15.7. The second-order valence-corrected chi connectivity index (χ2v) is 6.35. The van der Waals surface area contributed by atoms with Crippen LogP contribution in [0.15, 0.2) is 24.3 Å². The summed E-state index contributed by atoms with van der Waals surface area (Å²) >= 11 is 6.11. The summed E-state index contributed by atoms with van der Waals surface area (Å²) in [6.07, 6.45) is 2.32. The fourth-order valence-corrected chi connectivity index (χ4v) is 2.67. The summed E-state index contributed by atoms with van der Waals surface area (Å²) in [5.74, 6) is 0. The summed E-state index contributed by atoms with van der Waals surface area (Å²) in [4.78, 5) is 4.65. The van der Waals surface area contributed by atoms with E-state index in [2.05, 4.69) is 55.3 Å². The molecular weight excluding hydrogens is 282 g/mol. The SMILES string of the molecule is CCNC(CCN(C)CCCN(C)C)c1cccc(Cl)c1. The maximum absolute atomic E-state index is 6.11. The van der Waals surface area contributed by atoms with E-state index in [9.17, 15) is 0 Å². The van der Waals surface area contributed by atoms with Crippen LogP contribution < -0.4 is 5.32 Å². The van der Waals surface area contributed by atoms with Crippen LogP contribution in [-0.4, -0.2) is 57.1 Å². The van der Waals surface area contributed by atoms with Gasteiger partial charge in [0.1, 0.15) is 0 Å². The topological polar surface area (TPSA) is 18.5 Å². The molecule has 0 saturated heterocycles. The summed E-state index contributed by atoms with van der Waals surface area (Å²) < 4.78 is 0. The van der Waals surface area contributed by atoms with E-state index < -0.39 is 0 Å². The molecule has 1 N–H and O–H groups in total. The molecule has 1 aromatic rings. The van der Waals surface area contributed by atoms with Gasteiger partial charge in [-0.15, -0.1) is 0 Å². The summed E-state index contributed by atoms with van der Waals surface area (Å²) in [5.41, 5.74) is 1.28. The van der Waals surface area contributed by atoms with E-state index in [-0.39, 0.29) is 0 Å². The minimum atomic E-state index is 0.380. The number of rotatable bonds is 10. The minimum Gasteiger partial charge on any atom is -0.310 e. The first-order valence-electron chi connectivity index (χ1n) is 7.85. The molecule has 4 heteroatoms. The summed E-state index contributed by atoms with van der Waals surface area (Å²) in [5, 5.41) is 4.38. The van der Waals surface area contributed by atoms with E-state index in [1.807, 2.05) is 12.1 Å². The summed E-state index contributed by atoms with van der Waals surface area (Å²) in [6.45, 7) is 6.51. The van der Waals surface area contributed by atoms with Crippen LogP contribution in [0.3, 0.4) is 0 Å². The molecule has 0 spiro atoms. The van der Waals surface area contributed by atoms with Gasteiger partial charge in [0.25, 0.3) is 0 Å². The normalized spacial score (nSPS) is 13.1. The van der Waals surface area contributed by atoms with Crippen molar-refractivity contribution in [2.45, 2.75) is 25.8 Å². The van der Waals surface area contributed by atoms with Crippen LogP contribution in [0, 0.1) is 0 Å². The van der Waals surface area contributed by atoms with Crippen LogP contribution in [-0.2, 0) is 0 Å². The van der Waals surface area contributed by atoms with E-state index >= 15 is 0 Å². The van der Waals surface area contributed by atoms with Gasteiger partial charge in [-0.2, -0.15) is 0 Å². The molecule has 21 heavy (non-hydrogen) atoms. The van der Waals surface area contributed by atoms with Gasteiger partial charge < -0.3 is 15.1 Å². The average molecular weight is 312 g/mol. The number of benzene rings is 1. The molecular formula is C17H30ClN3. The molecule has 0 aliphatic heterocycles. The molecule has 0 heterocycles. The second-order valence-electron chi connectivity index (χ2n) is 5.91. The first-order valence-corrected chi connectivity index (χ1v) is 8.22. The van der Waals surface area contributed by atoms with Crippen molar-refractivity contribution in [3.8, 4) is 0 Å². The molecule has 0 aliphatic carbocycles. The number of hydrogen-bond acceptors (Lipinski definition) is 3. The van der Waals surface area contributed by atoms with Crippen LogP contribution in [0.5, 0.6) is 0 Å². The molecule has 1 rings (SSSR count). The standard InChI is InChI=1S/C17H30ClN3/c1-5-19-17(15-8-6-9-16(18)14-15)10-13-21(4)12-7-11-20(2)3/h6,8-9,14,17,19H,5,7,10-13H2,1-4H3. The van der Waals surface area contributed by atoms with Gasteiger partial charge in [0.2, 0.25) is 0 Å². The maximum atomic E-state index is 6.11. The third-order valence-corrected chi connectivity index (χ3v) is 3.88. The van der Waals surface area contributed by atoms with Gasteiger partial charge in [0.15, 0.2) is 0 Å². The predicted octanol–water partition coefficient (Wildman–Crippen LogP) is 3.26. The molecule has 0 fully saturated rings. The van der Waals surface area contributed by atoms with Crippen LogP contribution in [0.25, 0.3) is 0 Å². The zero-order valence-electron chi connectivity index (χ0n) is 13.9. The Hall–Kier alpha value is -0.610. The second kappa shape index (κ2) is 10.2. The van der Waals surface area contributed by atoms with Crippen LogP contribution in [0.4, 0.5) is 0 Å². The molecule has 1 atom stereocenters. The Labute approximate surface area is 135 Å². The lowest BCUT2D eigenvalue weighted by Crippen LogP contribution is -2.29. The first kappa shape index (κ1) is 18.4. The summed E-state index contributed by atoms with van der Waals surface area (Å²) in [7, 11) is 6.46. The van der Waals surface area contributed by atoms with Crippen molar-refractivity contribution in [1.29, 1.82) is 0 Å². The fraction of sp³-hybridized carbons (Fsp3) is 0.647. The van der Waals surface area contributed by atoms with Gasteiger partial charge in [-0.25, -0.2) is 0 Å². The van der Waals surface area contributed by atoms with Gasteiger partial charge >= 0.3 is 0 Å². The Bertz CT molecular complexity index is 395. The lowest BCUT2D eigenvalue weighted by atomic mass is 10.0. The maximum Gasteiger partial charge on any atom is 0.0409 e. The number of hydrogen-bond donors (Lipinski definition) is 1. The van der Waals surface area contributed by atoms with Gasteiger partial charge in [-0.1, -0.05) is 30.7 Å². The van der Waals surface area contributed by atoms with Crippen molar-refractivity contribution in [2.75, 3.05) is 47.3 Å². The monoisotopic (exact) mass is 311 g/mol. The minimum absolute atomic E-state index is 0.380. The van der Waals surface area contributed by atoms with Gasteiger partial charge in [-0.05, 0) is 77.9 Å². The molecule has 1 aromatic carbocycles. The van der Waals surface area contributed by atoms with E-state index in [0.717, 1.165) is 37.6 Å². The smallest absolute Gasteiger partial charge is 0.0409 e. The number of halogens is 1. The van der Waals surface area contributed by atoms with Crippen molar-refractivity contribution in [3.63, 3.8) is 0 Å². The third-order valence-electron chi connectivity index (χ3n) is 3.65. The van der Waals surface area contributed by atoms with E-state index in [4.69, 9.17) is 11.6 Å². The molecule has 0 amide bonds. The lowest BCUT2D eigenvalue weighted by molar-refractivity contribution is 0.284. The molecule has 0 aliphatic rings. The highest BCUT2D eigenvalue weighted by atomic mass is 35.5. The molecule has 0 aromatic heterocycles. The zero-order valence-corrected chi connectivity index (χ0v) is 14.7. The van der Waals surface area contributed by atoms with Gasteiger partial charge in [0, 0.05) is 11.1 Å². The molecule has 0 saturated carbocycles. The number of nitrogens with zero attached hydrogens (tertiary/aromatic N) is 2. The van der Waals surface area contributed by atoms with Gasteiger partial charge in [0.05, 0.1) is 0 Å². The van der Waals surface area contributed by atoms with Crippen molar-refractivity contribution in [2.24, 2.45) is 0 Å². The third kappa shape index (κ3) is 7.82. The first-order chi connectivity index (χ1) is 10.0. The highest BCUT2D eigenvalue weighted by Crippen LogP contribution is 2.20. The van der Waals surface area contributed by atoms with Crippen molar-refractivity contribution >= 4 is 11.6 Å². The summed E-state index contributed by atoms with van der Waals surface area (Å²) in [6, 6.07) is 8.57. The van der Waals surface area contributed by atoms with Crippen LogP contribution in [0.2, 0.25) is 5.02 Å². The highest BCUT2D eigenvalue weighted by molar-refractivity contribution is 6.30. The van der Waals surface area contributed by atoms with Crippen molar-refractivity contribution in [1.82, 2.24) is 15.1 Å². The number of nitrogens with one attached hydrogen (secondary N) is 1. The van der Waals surface area contributed by atoms with Crippen molar-refractivity contribution in [3.05, 3.63) is 34.9 Å². The molecule has 120 valence electrons. The highest BCUT2D eigenvalue weighted by Gasteiger charge is 2.11. The van der Waals surface area contributed by atoms with Crippen LogP contribution in [0.1, 0.15) is 31.4 Å². The molecule has 1 unspecified atom stereocenters. The average Bonchev–Trinajstić information content (AvgIpc) is 2.43.